The van der Waals surface area contributed by atoms with Crippen LogP contribution >= 0.6 is 11.8 Å². The summed E-state index contributed by atoms with van der Waals surface area (Å²) < 4.78 is 7.56. The van der Waals surface area contributed by atoms with Crippen LogP contribution in [0.4, 0.5) is 0 Å². The standard InChI is InChI=1S/C19H16N4OS/c1-2-5-15(6-3-1)13-18-21-22-19(24-18)25-14-16-7-9-17(10-8-16)23-12-4-11-20-23/h1-12H,13-14H2. The minimum Gasteiger partial charge on any atom is -0.416 e. The Balaban J connectivity index is 1.35. The fraction of sp³-hybridized carbons (Fsp3) is 0.105. The molecule has 2 aromatic carbocycles. The highest BCUT2D eigenvalue weighted by atomic mass is 32.2. The SMILES string of the molecule is c1ccc(Cc2nnc(SCc3ccc(-n4cccn4)cc3)o2)cc1. The molecule has 5 nitrogen and oxygen atoms in total. The van der Waals surface area contributed by atoms with Crippen molar-refractivity contribution < 1.29 is 4.42 Å². The lowest BCUT2D eigenvalue weighted by atomic mass is 10.2. The lowest BCUT2D eigenvalue weighted by Crippen LogP contribution is -1.93. The van der Waals surface area contributed by atoms with E-state index in [0.717, 1.165) is 17.0 Å². The van der Waals surface area contributed by atoms with Gasteiger partial charge in [-0.3, -0.25) is 0 Å². The number of aromatic nitrogens is 4. The maximum atomic E-state index is 5.72. The molecule has 0 amide bonds. The second-order valence-corrected chi connectivity index (χ2v) is 6.46. The summed E-state index contributed by atoms with van der Waals surface area (Å²) in [6.07, 6.45) is 4.36. The molecule has 124 valence electrons. The highest BCUT2D eigenvalue weighted by Gasteiger charge is 2.08. The van der Waals surface area contributed by atoms with E-state index in [1.807, 2.05) is 35.1 Å². The number of hydrogen-bond donors (Lipinski definition) is 0. The largest absolute Gasteiger partial charge is 0.416 e. The Morgan fingerprint density at radius 1 is 0.880 bits per heavy atom. The monoisotopic (exact) mass is 348 g/mol. The van der Waals surface area contributed by atoms with Crippen molar-refractivity contribution in [2.45, 2.75) is 17.4 Å². The van der Waals surface area contributed by atoms with Gasteiger partial charge < -0.3 is 4.42 Å². The first-order valence-electron chi connectivity index (χ1n) is 7.95. The summed E-state index contributed by atoms with van der Waals surface area (Å²) in [5.74, 6) is 1.43. The second kappa shape index (κ2) is 7.36. The van der Waals surface area contributed by atoms with E-state index in [0.29, 0.717) is 17.5 Å². The molecule has 0 aliphatic rings. The van der Waals surface area contributed by atoms with Crippen molar-refractivity contribution in [2.24, 2.45) is 0 Å². The van der Waals surface area contributed by atoms with Gasteiger partial charge in [-0.2, -0.15) is 5.10 Å². The van der Waals surface area contributed by atoms with Gasteiger partial charge in [0.1, 0.15) is 0 Å². The molecule has 0 N–H and O–H groups in total. The maximum absolute atomic E-state index is 5.72. The quantitative estimate of drug-likeness (QED) is 0.490. The zero-order valence-corrected chi connectivity index (χ0v) is 14.3. The zero-order valence-electron chi connectivity index (χ0n) is 13.4. The Kier molecular flexibility index (Phi) is 4.61. The van der Waals surface area contributed by atoms with E-state index in [2.05, 4.69) is 51.7 Å². The van der Waals surface area contributed by atoms with Gasteiger partial charge in [0.15, 0.2) is 0 Å². The first-order valence-corrected chi connectivity index (χ1v) is 8.93. The van der Waals surface area contributed by atoms with Crippen molar-refractivity contribution in [1.82, 2.24) is 20.0 Å². The third kappa shape index (κ3) is 3.97. The highest BCUT2D eigenvalue weighted by Crippen LogP contribution is 2.23. The Labute approximate surface area is 149 Å². The number of hydrogen-bond acceptors (Lipinski definition) is 5. The molecule has 0 atom stereocenters. The lowest BCUT2D eigenvalue weighted by molar-refractivity contribution is 0.420. The van der Waals surface area contributed by atoms with E-state index in [4.69, 9.17) is 4.42 Å². The first-order chi connectivity index (χ1) is 12.4. The van der Waals surface area contributed by atoms with E-state index in [1.54, 1.807) is 18.0 Å². The molecule has 0 saturated heterocycles. The van der Waals surface area contributed by atoms with E-state index in [9.17, 15) is 0 Å². The van der Waals surface area contributed by atoms with Gasteiger partial charge in [-0.25, -0.2) is 4.68 Å². The number of benzene rings is 2. The normalized spacial score (nSPS) is 10.9. The summed E-state index contributed by atoms with van der Waals surface area (Å²) in [7, 11) is 0. The average molecular weight is 348 g/mol. The Morgan fingerprint density at radius 2 is 1.72 bits per heavy atom. The van der Waals surface area contributed by atoms with Crippen molar-refractivity contribution in [1.29, 1.82) is 0 Å². The van der Waals surface area contributed by atoms with Gasteiger partial charge in [-0.1, -0.05) is 54.2 Å². The van der Waals surface area contributed by atoms with Crippen molar-refractivity contribution in [3.05, 3.63) is 90.1 Å². The van der Waals surface area contributed by atoms with Gasteiger partial charge in [0.05, 0.1) is 12.1 Å². The van der Waals surface area contributed by atoms with Gasteiger partial charge in [0, 0.05) is 18.1 Å². The van der Waals surface area contributed by atoms with Crippen LogP contribution in [0.3, 0.4) is 0 Å². The second-order valence-electron chi connectivity index (χ2n) is 5.53. The molecule has 0 radical (unpaired) electrons. The van der Waals surface area contributed by atoms with Gasteiger partial charge >= 0.3 is 0 Å². The average Bonchev–Trinajstić information content (AvgIpc) is 3.33. The highest BCUT2D eigenvalue weighted by molar-refractivity contribution is 7.98. The van der Waals surface area contributed by atoms with Crippen LogP contribution in [-0.2, 0) is 12.2 Å². The molecular weight excluding hydrogens is 332 g/mol. The van der Waals surface area contributed by atoms with Crippen molar-refractivity contribution >= 4 is 11.8 Å². The molecule has 0 aliphatic carbocycles. The fourth-order valence-electron chi connectivity index (χ4n) is 2.45. The van der Waals surface area contributed by atoms with Crippen LogP contribution < -0.4 is 0 Å². The summed E-state index contributed by atoms with van der Waals surface area (Å²) in [6.45, 7) is 0. The van der Waals surface area contributed by atoms with Crippen LogP contribution in [0.25, 0.3) is 5.69 Å². The van der Waals surface area contributed by atoms with Gasteiger partial charge in [0.25, 0.3) is 5.22 Å². The summed E-state index contributed by atoms with van der Waals surface area (Å²) in [5.41, 5.74) is 3.40. The first kappa shape index (κ1) is 15.7. The van der Waals surface area contributed by atoms with Gasteiger partial charge in [-0.05, 0) is 29.3 Å². The lowest BCUT2D eigenvalue weighted by Gasteiger charge is -2.03. The third-order valence-corrected chi connectivity index (χ3v) is 4.60. The maximum Gasteiger partial charge on any atom is 0.276 e. The van der Waals surface area contributed by atoms with Crippen LogP contribution in [0, 0.1) is 0 Å². The molecule has 0 unspecified atom stereocenters. The molecule has 2 heterocycles. The third-order valence-electron chi connectivity index (χ3n) is 3.71. The predicted molar refractivity (Wildman–Crippen MR) is 96.7 cm³/mol. The number of rotatable bonds is 6. The van der Waals surface area contributed by atoms with Crippen LogP contribution in [0.15, 0.2) is 82.7 Å². The topological polar surface area (TPSA) is 56.7 Å². The van der Waals surface area contributed by atoms with E-state index in [1.165, 1.54) is 5.56 Å². The molecular formula is C19H16N4OS. The molecule has 25 heavy (non-hydrogen) atoms. The molecule has 0 spiro atoms. The summed E-state index contributed by atoms with van der Waals surface area (Å²) in [5, 5.41) is 13.1. The minimum atomic E-state index is 0.599. The van der Waals surface area contributed by atoms with Gasteiger partial charge in [-0.15, -0.1) is 10.2 Å². The van der Waals surface area contributed by atoms with E-state index in [-0.39, 0.29) is 0 Å². The summed E-state index contributed by atoms with van der Waals surface area (Å²) in [4.78, 5) is 0. The van der Waals surface area contributed by atoms with E-state index >= 15 is 0 Å². The number of nitrogens with zero attached hydrogens (tertiary/aromatic N) is 4. The zero-order chi connectivity index (χ0) is 16.9. The Morgan fingerprint density at radius 3 is 2.48 bits per heavy atom. The van der Waals surface area contributed by atoms with Gasteiger partial charge in [0.2, 0.25) is 5.89 Å². The Hall–Kier alpha value is -2.86. The smallest absolute Gasteiger partial charge is 0.276 e. The minimum absolute atomic E-state index is 0.599. The fourth-order valence-corrected chi connectivity index (χ4v) is 3.19. The van der Waals surface area contributed by atoms with E-state index < -0.39 is 0 Å². The Bertz CT molecular complexity index is 918. The molecule has 0 aliphatic heterocycles. The number of thioether (sulfide) groups is 1. The van der Waals surface area contributed by atoms with Crippen LogP contribution in [0.2, 0.25) is 0 Å². The van der Waals surface area contributed by atoms with Crippen LogP contribution in [0.1, 0.15) is 17.0 Å². The van der Waals surface area contributed by atoms with Crippen molar-refractivity contribution in [3.8, 4) is 5.69 Å². The molecule has 2 aromatic heterocycles. The molecule has 4 rings (SSSR count). The summed E-state index contributed by atoms with van der Waals surface area (Å²) in [6, 6.07) is 20.3. The molecule has 6 heteroatoms. The van der Waals surface area contributed by atoms with Crippen molar-refractivity contribution in [3.63, 3.8) is 0 Å². The van der Waals surface area contributed by atoms with Crippen molar-refractivity contribution in [2.75, 3.05) is 0 Å². The van der Waals surface area contributed by atoms with Crippen LogP contribution in [0.5, 0.6) is 0 Å². The molecule has 0 bridgehead atoms. The molecule has 4 aromatic rings. The summed E-state index contributed by atoms with van der Waals surface area (Å²) >= 11 is 1.55. The van der Waals surface area contributed by atoms with Crippen LogP contribution in [-0.4, -0.2) is 20.0 Å². The molecule has 0 saturated carbocycles. The predicted octanol–water partition coefficient (Wildman–Crippen LogP) is 4.14. The molecule has 0 fully saturated rings.